The molecular weight excluding hydrogens is 378 g/mol. The van der Waals surface area contributed by atoms with E-state index >= 15 is 0 Å². The summed E-state index contributed by atoms with van der Waals surface area (Å²) in [6, 6.07) is 12.3. The van der Waals surface area contributed by atoms with Gasteiger partial charge in [0, 0.05) is 28.9 Å². The van der Waals surface area contributed by atoms with E-state index < -0.39 is 6.04 Å². The molecule has 0 aliphatic carbocycles. The average Bonchev–Trinajstić information content (AvgIpc) is 2.67. The van der Waals surface area contributed by atoms with E-state index in [1.54, 1.807) is 55.6 Å². The second-order valence-electron chi connectivity index (χ2n) is 6.81. The van der Waals surface area contributed by atoms with Crippen molar-refractivity contribution in [3.05, 3.63) is 64.7 Å². The maximum absolute atomic E-state index is 12.7. The Bertz CT molecular complexity index is 833. The molecule has 0 aliphatic heterocycles. The molecule has 2 aromatic rings. The summed E-state index contributed by atoms with van der Waals surface area (Å²) in [5.74, 6) is -0.654. The summed E-state index contributed by atoms with van der Waals surface area (Å²) in [7, 11) is 1.55. The molecule has 0 aromatic heterocycles. The standard InChI is InChI=1S/C21H24ClN3O3/c1-13(2)12-18(25-20(27)15-4-8-16(22)9-5-15)21(28)24-17-10-6-14(7-11-17)19(26)23-3/h4-11,13,18H,12H2,1-3H3,(H,23,26)(H,24,28)(H,25,27)/t18-/m0/s1. The van der Waals surface area contributed by atoms with E-state index in [2.05, 4.69) is 16.0 Å². The third-order valence-corrected chi connectivity index (χ3v) is 4.33. The molecular formula is C21H24ClN3O3. The number of rotatable bonds is 7. The monoisotopic (exact) mass is 401 g/mol. The molecule has 148 valence electrons. The van der Waals surface area contributed by atoms with E-state index in [0.717, 1.165) is 0 Å². The molecule has 28 heavy (non-hydrogen) atoms. The molecule has 0 bridgehead atoms. The van der Waals surface area contributed by atoms with Crippen molar-refractivity contribution >= 4 is 35.0 Å². The number of hydrogen-bond acceptors (Lipinski definition) is 3. The van der Waals surface area contributed by atoms with Crippen LogP contribution in [0.5, 0.6) is 0 Å². The second kappa shape index (κ2) is 9.90. The van der Waals surface area contributed by atoms with Crippen molar-refractivity contribution in [2.75, 3.05) is 12.4 Å². The van der Waals surface area contributed by atoms with Gasteiger partial charge in [-0.3, -0.25) is 14.4 Å². The van der Waals surface area contributed by atoms with Crippen molar-refractivity contribution < 1.29 is 14.4 Å². The third kappa shape index (κ3) is 6.09. The Balaban J connectivity index is 2.08. The van der Waals surface area contributed by atoms with Gasteiger partial charge >= 0.3 is 0 Å². The number of benzene rings is 2. The lowest BCUT2D eigenvalue weighted by Gasteiger charge is -2.20. The number of carbonyl (C=O) groups excluding carboxylic acids is 3. The molecule has 2 aromatic carbocycles. The lowest BCUT2D eigenvalue weighted by molar-refractivity contribution is -0.118. The number of amides is 3. The predicted molar refractivity (Wildman–Crippen MR) is 111 cm³/mol. The fraction of sp³-hybridized carbons (Fsp3) is 0.286. The summed E-state index contributed by atoms with van der Waals surface area (Å²) >= 11 is 5.85. The van der Waals surface area contributed by atoms with Crippen molar-refractivity contribution in [1.29, 1.82) is 0 Å². The normalized spacial score (nSPS) is 11.6. The van der Waals surface area contributed by atoms with Gasteiger partial charge in [0.05, 0.1) is 0 Å². The van der Waals surface area contributed by atoms with Crippen molar-refractivity contribution in [3.63, 3.8) is 0 Å². The Morgan fingerprint density at radius 3 is 1.96 bits per heavy atom. The Kier molecular flexibility index (Phi) is 7.58. The summed E-state index contributed by atoms with van der Waals surface area (Å²) in [6.45, 7) is 3.96. The van der Waals surface area contributed by atoms with Gasteiger partial charge in [-0.25, -0.2) is 0 Å². The molecule has 1 atom stereocenters. The molecule has 0 saturated heterocycles. The smallest absolute Gasteiger partial charge is 0.251 e. The summed E-state index contributed by atoms with van der Waals surface area (Å²) in [5.41, 5.74) is 1.48. The molecule has 3 N–H and O–H groups in total. The first kappa shape index (κ1) is 21.4. The highest BCUT2D eigenvalue weighted by molar-refractivity contribution is 6.30. The van der Waals surface area contributed by atoms with Crippen LogP contribution < -0.4 is 16.0 Å². The van der Waals surface area contributed by atoms with E-state index in [4.69, 9.17) is 11.6 Å². The highest BCUT2D eigenvalue weighted by Gasteiger charge is 2.22. The van der Waals surface area contributed by atoms with E-state index in [-0.39, 0.29) is 23.6 Å². The molecule has 0 spiro atoms. The van der Waals surface area contributed by atoms with Crippen LogP contribution >= 0.6 is 11.6 Å². The largest absolute Gasteiger partial charge is 0.355 e. The third-order valence-electron chi connectivity index (χ3n) is 4.08. The van der Waals surface area contributed by atoms with Gasteiger partial charge in [0.1, 0.15) is 6.04 Å². The maximum atomic E-state index is 12.7. The van der Waals surface area contributed by atoms with Crippen LogP contribution in [0.25, 0.3) is 0 Å². The number of carbonyl (C=O) groups is 3. The average molecular weight is 402 g/mol. The molecule has 0 radical (unpaired) electrons. The number of halogens is 1. The van der Waals surface area contributed by atoms with Crippen molar-refractivity contribution in [2.24, 2.45) is 5.92 Å². The maximum Gasteiger partial charge on any atom is 0.251 e. The van der Waals surface area contributed by atoms with Crippen molar-refractivity contribution in [2.45, 2.75) is 26.3 Å². The summed E-state index contributed by atoms with van der Waals surface area (Å²) in [6.07, 6.45) is 0.488. The SMILES string of the molecule is CNC(=O)c1ccc(NC(=O)[C@H](CC(C)C)NC(=O)c2ccc(Cl)cc2)cc1. The molecule has 7 heteroatoms. The molecule has 3 amide bonds. The first-order chi connectivity index (χ1) is 13.3. The van der Waals surface area contributed by atoms with Gasteiger partial charge in [0.15, 0.2) is 0 Å². The molecule has 2 rings (SSSR count). The van der Waals surface area contributed by atoms with Crippen LogP contribution in [0.15, 0.2) is 48.5 Å². The summed E-state index contributed by atoms with van der Waals surface area (Å²) in [4.78, 5) is 36.8. The molecule has 0 unspecified atom stereocenters. The fourth-order valence-corrected chi connectivity index (χ4v) is 2.75. The molecule has 0 saturated carbocycles. The van der Waals surface area contributed by atoms with Crippen LogP contribution in [0, 0.1) is 5.92 Å². The minimum Gasteiger partial charge on any atom is -0.355 e. The Hall–Kier alpha value is -2.86. The second-order valence-corrected chi connectivity index (χ2v) is 7.24. The molecule has 0 fully saturated rings. The molecule has 6 nitrogen and oxygen atoms in total. The van der Waals surface area contributed by atoms with E-state index in [1.165, 1.54) is 0 Å². The minimum absolute atomic E-state index is 0.203. The first-order valence-corrected chi connectivity index (χ1v) is 9.37. The predicted octanol–water partition coefficient (Wildman–Crippen LogP) is 3.48. The van der Waals surface area contributed by atoms with Crippen LogP contribution in [0.3, 0.4) is 0 Å². The van der Waals surface area contributed by atoms with Gasteiger partial charge in [0.2, 0.25) is 5.91 Å². The van der Waals surface area contributed by atoms with Gasteiger partial charge in [-0.15, -0.1) is 0 Å². The number of anilines is 1. The zero-order chi connectivity index (χ0) is 20.7. The van der Waals surface area contributed by atoms with Crippen LogP contribution in [-0.2, 0) is 4.79 Å². The van der Waals surface area contributed by atoms with Crippen LogP contribution in [0.1, 0.15) is 41.0 Å². The fourth-order valence-electron chi connectivity index (χ4n) is 2.62. The van der Waals surface area contributed by atoms with E-state index in [0.29, 0.717) is 28.3 Å². The number of nitrogens with one attached hydrogen (secondary N) is 3. The lowest BCUT2D eigenvalue weighted by Crippen LogP contribution is -2.44. The van der Waals surface area contributed by atoms with Crippen LogP contribution in [0.4, 0.5) is 5.69 Å². The Morgan fingerprint density at radius 1 is 0.893 bits per heavy atom. The lowest BCUT2D eigenvalue weighted by atomic mass is 10.0. The van der Waals surface area contributed by atoms with Crippen LogP contribution in [0.2, 0.25) is 5.02 Å². The topological polar surface area (TPSA) is 87.3 Å². The van der Waals surface area contributed by atoms with Crippen molar-refractivity contribution in [3.8, 4) is 0 Å². The van der Waals surface area contributed by atoms with Gasteiger partial charge in [0.25, 0.3) is 11.8 Å². The minimum atomic E-state index is -0.693. The Morgan fingerprint density at radius 2 is 1.43 bits per heavy atom. The van der Waals surface area contributed by atoms with Crippen molar-refractivity contribution in [1.82, 2.24) is 10.6 Å². The summed E-state index contributed by atoms with van der Waals surface area (Å²) in [5, 5.41) is 8.65. The highest BCUT2D eigenvalue weighted by Crippen LogP contribution is 2.14. The van der Waals surface area contributed by atoms with Gasteiger partial charge in [-0.05, 0) is 60.9 Å². The quantitative estimate of drug-likeness (QED) is 0.663. The zero-order valence-electron chi connectivity index (χ0n) is 16.1. The molecule has 0 aliphatic rings. The zero-order valence-corrected chi connectivity index (χ0v) is 16.8. The van der Waals surface area contributed by atoms with Crippen LogP contribution in [-0.4, -0.2) is 30.8 Å². The van der Waals surface area contributed by atoms with Gasteiger partial charge < -0.3 is 16.0 Å². The Labute approximate surface area is 169 Å². The highest BCUT2D eigenvalue weighted by atomic mass is 35.5. The first-order valence-electron chi connectivity index (χ1n) is 8.99. The van der Waals surface area contributed by atoms with Gasteiger partial charge in [-0.2, -0.15) is 0 Å². The van der Waals surface area contributed by atoms with Gasteiger partial charge in [-0.1, -0.05) is 25.4 Å². The summed E-state index contributed by atoms with van der Waals surface area (Å²) < 4.78 is 0. The number of hydrogen-bond donors (Lipinski definition) is 3. The van der Waals surface area contributed by atoms with E-state index in [1.807, 2.05) is 13.8 Å². The molecule has 0 heterocycles. The van der Waals surface area contributed by atoms with E-state index in [9.17, 15) is 14.4 Å².